The number of hydrogen-bond acceptors (Lipinski definition) is 8. The Morgan fingerprint density at radius 1 is 1.03 bits per heavy atom. The van der Waals surface area contributed by atoms with Crippen LogP contribution in [0.2, 0.25) is 0 Å². The second-order valence-corrected chi connectivity index (χ2v) is 7.54. The number of carbonyl (C=O) groups excluding carboxylic acids is 1. The predicted molar refractivity (Wildman–Crippen MR) is 126 cm³/mol. The summed E-state index contributed by atoms with van der Waals surface area (Å²) in [5.41, 5.74) is 1.37. The zero-order valence-electron chi connectivity index (χ0n) is 18.4. The number of carbonyl (C=O) groups is 1. The van der Waals surface area contributed by atoms with Crippen LogP contribution >= 0.6 is 11.8 Å². The van der Waals surface area contributed by atoms with Crippen LogP contribution in [0.4, 0.5) is 5.69 Å². The Hall–Kier alpha value is -3.39. The van der Waals surface area contributed by atoms with Gasteiger partial charge in [-0.05, 0) is 56.3 Å². The number of aliphatic hydroxyl groups excluding tert-OH is 1. The van der Waals surface area contributed by atoms with Crippen LogP contribution in [0.3, 0.4) is 0 Å². The molecule has 0 aromatic heterocycles. The fourth-order valence-electron chi connectivity index (χ4n) is 2.97. The van der Waals surface area contributed by atoms with Crippen molar-refractivity contribution < 1.29 is 28.8 Å². The zero-order chi connectivity index (χ0) is 23.1. The van der Waals surface area contributed by atoms with E-state index in [0.29, 0.717) is 39.3 Å². The van der Waals surface area contributed by atoms with E-state index >= 15 is 0 Å². The lowest BCUT2D eigenvalue weighted by Gasteiger charge is -2.08. The molecule has 7 nitrogen and oxygen atoms in total. The van der Waals surface area contributed by atoms with Crippen LogP contribution in [-0.2, 0) is 9.53 Å². The van der Waals surface area contributed by atoms with E-state index in [-0.39, 0.29) is 17.9 Å². The van der Waals surface area contributed by atoms with Gasteiger partial charge in [0, 0.05) is 11.6 Å². The van der Waals surface area contributed by atoms with Crippen molar-refractivity contribution in [3.63, 3.8) is 0 Å². The number of thioether (sulfide) groups is 1. The molecule has 3 rings (SSSR count). The highest BCUT2D eigenvalue weighted by atomic mass is 32.2. The van der Waals surface area contributed by atoms with Crippen LogP contribution in [-0.4, -0.2) is 43.6 Å². The van der Waals surface area contributed by atoms with Gasteiger partial charge in [0.05, 0.1) is 38.0 Å². The first kappa shape index (κ1) is 23.3. The Balaban J connectivity index is 2.01. The molecule has 0 spiro atoms. The summed E-state index contributed by atoms with van der Waals surface area (Å²) in [6.07, 6.45) is 1.73. The number of hydrogen-bond donors (Lipinski definition) is 1. The molecule has 0 radical (unpaired) electrons. The molecule has 0 unspecified atom stereocenters. The number of methoxy groups -OCH3 is 2. The van der Waals surface area contributed by atoms with E-state index in [0.717, 1.165) is 5.75 Å². The van der Waals surface area contributed by atoms with Gasteiger partial charge < -0.3 is 24.1 Å². The molecule has 32 heavy (non-hydrogen) atoms. The molecule has 0 fully saturated rings. The molecule has 0 aliphatic carbocycles. The Morgan fingerprint density at radius 3 is 2.38 bits per heavy atom. The number of benzene rings is 2. The molecule has 0 saturated heterocycles. The predicted octanol–water partition coefficient (Wildman–Crippen LogP) is 5.30. The minimum Gasteiger partial charge on any atom is -0.506 e. The van der Waals surface area contributed by atoms with Crippen molar-refractivity contribution in [2.75, 3.05) is 27.4 Å². The SMILES string of the molecule is CCOC(=O)C1=C(O)C(=Cc2ccc(OC)cc2OC)SC1=Nc1ccc(OCC)cc1. The second-order valence-electron chi connectivity index (χ2n) is 6.51. The van der Waals surface area contributed by atoms with Crippen molar-refractivity contribution in [1.82, 2.24) is 0 Å². The summed E-state index contributed by atoms with van der Waals surface area (Å²) in [4.78, 5) is 17.6. The maximum Gasteiger partial charge on any atom is 0.344 e. The molecule has 0 saturated carbocycles. The van der Waals surface area contributed by atoms with Gasteiger partial charge in [0.1, 0.15) is 33.6 Å². The summed E-state index contributed by atoms with van der Waals surface area (Å²) in [6, 6.07) is 12.5. The Kier molecular flexibility index (Phi) is 7.83. The van der Waals surface area contributed by atoms with Crippen molar-refractivity contribution in [2.24, 2.45) is 4.99 Å². The minimum absolute atomic E-state index is 0.0319. The van der Waals surface area contributed by atoms with Crippen LogP contribution in [0.15, 0.2) is 63.7 Å². The smallest absolute Gasteiger partial charge is 0.344 e. The fraction of sp³-hybridized carbons (Fsp3) is 0.250. The first-order valence-corrected chi connectivity index (χ1v) is 10.9. The van der Waals surface area contributed by atoms with Gasteiger partial charge in [0.2, 0.25) is 0 Å². The van der Waals surface area contributed by atoms with E-state index in [1.807, 2.05) is 13.0 Å². The first-order valence-electron chi connectivity index (χ1n) is 10.0. The van der Waals surface area contributed by atoms with Crippen molar-refractivity contribution in [2.45, 2.75) is 13.8 Å². The van der Waals surface area contributed by atoms with Gasteiger partial charge in [-0.15, -0.1) is 0 Å². The van der Waals surface area contributed by atoms with Gasteiger partial charge in [-0.3, -0.25) is 0 Å². The summed E-state index contributed by atoms with van der Waals surface area (Å²) < 4.78 is 21.3. The zero-order valence-corrected chi connectivity index (χ0v) is 19.2. The van der Waals surface area contributed by atoms with Gasteiger partial charge >= 0.3 is 5.97 Å². The monoisotopic (exact) mass is 455 g/mol. The Bertz CT molecular complexity index is 1070. The van der Waals surface area contributed by atoms with Crippen molar-refractivity contribution in [3.8, 4) is 17.2 Å². The van der Waals surface area contributed by atoms with Crippen molar-refractivity contribution in [1.29, 1.82) is 0 Å². The molecular formula is C24H25NO6S. The standard InChI is InChI=1S/C24H25NO6S/c1-5-30-17-11-8-16(9-12-17)25-23-21(24(27)31-6-2)22(26)20(32-23)13-15-7-10-18(28-3)14-19(15)29-4/h7-14,26H,5-6H2,1-4H3. The third kappa shape index (κ3) is 5.26. The van der Waals surface area contributed by atoms with Crippen LogP contribution in [0.5, 0.6) is 17.2 Å². The summed E-state index contributed by atoms with van der Waals surface area (Å²) in [5.74, 6) is 1.13. The molecule has 1 N–H and O–H groups in total. The topological polar surface area (TPSA) is 86.6 Å². The average Bonchev–Trinajstić information content (AvgIpc) is 3.10. The summed E-state index contributed by atoms with van der Waals surface area (Å²) in [6.45, 7) is 4.37. The molecular weight excluding hydrogens is 430 g/mol. The lowest BCUT2D eigenvalue weighted by molar-refractivity contribution is -0.138. The normalized spacial score (nSPS) is 15.9. The average molecular weight is 456 g/mol. The molecule has 2 aromatic carbocycles. The van der Waals surface area contributed by atoms with Gasteiger partial charge in [0.25, 0.3) is 0 Å². The highest BCUT2D eigenvalue weighted by Crippen LogP contribution is 2.41. The summed E-state index contributed by atoms with van der Waals surface area (Å²) in [5, 5.41) is 11.2. The number of ether oxygens (including phenoxy) is 4. The van der Waals surface area contributed by atoms with Gasteiger partial charge in [-0.1, -0.05) is 11.8 Å². The lowest BCUT2D eigenvalue weighted by Crippen LogP contribution is -2.12. The third-order valence-electron chi connectivity index (χ3n) is 4.48. The van der Waals surface area contributed by atoms with E-state index in [1.165, 1.54) is 11.8 Å². The molecule has 2 aromatic rings. The quantitative estimate of drug-likeness (QED) is 0.541. The number of rotatable bonds is 8. The van der Waals surface area contributed by atoms with E-state index < -0.39 is 5.97 Å². The van der Waals surface area contributed by atoms with E-state index in [2.05, 4.69) is 4.99 Å². The molecule has 0 atom stereocenters. The van der Waals surface area contributed by atoms with Crippen LogP contribution < -0.4 is 14.2 Å². The molecule has 0 bridgehead atoms. The van der Waals surface area contributed by atoms with Crippen LogP contribution in [0.1, 0.15) is 19.4 Å². The maximum absolute atomic E-state index is 12.6. The molecule has 1 aliphatic rings. The highest BCUT2D eigenvalue weighted by Gasteiger charge is 2.33. The molecule has 1 heterocycles. The maximum atomic E-state index is 12.6. The Morgan fingerprint density at radius 2 is 1.75 bits per heavy atom. The Labute approximate surface area is 191 Å². The number of nitrogens with zero attached hydrogens (tertiary/aromatic N) is 1. The van der Waals surface area contributed by atoms with E-state index in [9.17, 15) is 9.90 Å². The molecule has 8 heteroatoms. The summed E-state index contributed by atoms with van der Waals surface area (Å²) >= 11 is 1.18. The van der Waals surface area contributed by atoms with Gasteiger partial charge in [0.15, 0.2) is 0 Å². The van der Waals surface area contributed by atoms with Gasteiger partial charge in [-0.2, -0.15) is 0 Å². The summed E-state index contributed by atoms with van der Waals surface area (Å²) in [7, 11) is 3.13. The lowest BCUT2D eigenvalue weighted by atomic mass is 10.1. The van der Waals surface area contributed by atoms with Crippen molar-refractivity contribution >= 4 is 34.5 Å². The molecule has 168 valence electrons. The third-order valence-corrected chi connectivity index (χ3v) is 5.50. The second kappa shape index (κ2) is 10.8. The highest BCUT2D eigenvalue weighted by molar-refractivity contribution is 8.18. The molecule has 1 aliphatic heterocycles. The number of aliphatic imine (C=N–C) groups is 1. The fourth-order valence-corrected chi connectivity index (χ4v) is 4.00. The van der Waals surface area contributed by atoms with E-state index in [1.54, 1.807) is 63.6 Å². The number of esters is 1. The van der Waals surface area contributed by atoms with Crippen LogP contribution in [0.25, 0.3) is 6.08 Å². The minimum atomic E-state index is -0.632. The van der Waals surface area contributed by atoms with Gasteiger partial charge in [-0.25, -0.2) is 9.79 Å². The first-order chi connectivity index (χ1) is 15.5. The largest absolute Gasteiger partial charge is 0.506 e. The molecule has 0 amide bonds. The van der Waals surface area contributed by atoms with Crippen LogP contribution in [0, 0.1) is 0 Å². The van der Waals surface area contributed by atoms with Crippen molar-refractivity contribution in [3.05, 3.63) is 64.3 Å². The number of aliphatic hydroxyl groups is 1. The van der Waals surface area contributed by atoms with E-state index in [4.69, 9.17) is 18.9 Å².